The molecule has 0 spiro atoms. The molecule has 0 aromatic heterocycles. The summed E-state index contributed by atoms with van der Waals surface area (Å²) >= 11 is 0. The van der Waals surface area contributed by atoms with E-state index in [1.807, 2.05) is 19.9 Å². The molecule has 0 radical (unpaired) electrons. The van der Waals surface area contributed by atoms with Crippen molar-refractivity contribution in [1.29, 1.82) is 0 Å². The molecule has 2 rings (SSSR count). The highest BCUT2D eigenvalue weighted by Crippen LogP contribution is 2.20. The highest BCUT2D eigenvalue weighted by atomic mass is 16.4. The Morgan fingerprint density at radius 2 is 1.67 bits per heavy atom. The minimum absolute atomic E-state index is 0.119. The Morgan fingerprint density at radius 3 is 2.25 bits per heavy atom. The molecule has 0 saturated carbocycles. The van der Waals surface area contributed by atoms with Gasteiger partial charge < -0.3 is 31.5 Å². The van der Waals surface area contributed by atoms with Gasteiger partial charge in [-0.15, -0.1) is 0 Å². The van der Waals surface area contributed by atoms with Gasteiger partial charge in [0.15, 0.2) is 0 Å². The van der Waals surface area contributed by atoms with E-state index in [0.717, 1.165) is 5.56 Å². The van der Waals surface area contributed by atoms with Crippen molar-refractivity contribution in [1.82, 2.24) is 15.5 Å². The van der Waals surface area contributed by atoms with E-state index in [1.165, 1.54) is 4.90 Å². The molecular formula is C25H36N4O7. The van der Waals surface area contributed by atoms with Gasteiger partial charge in [0.2, 0.25) is 17.7 Å². The molecule has 1 saturated heterocycles. The van der Waals surface area contributed by atoms with Crippen LogP contribution in [0.15, 0.2) is 30.3 Å². The Bertz CT molecular complexity index is 938. The number of nitrogens with one attached hydrogen (secondary N) is 2. The third kappa shape index (κ3) is 8.63. The molecule has 4 unspecified atom stereocenters. The lowest BCUT2D eigenvalue weighted by Crippen LogP contribution is -2.57. The number of amides is 3. The highest BCUT2D eigenvalue weighted by Gasteiger charge is 2.38. The fourth-order valence-corrected chi connectivity index (χ4v) is 4.24. The average molecular weight is 505 g/mol. The molecule has 11 heteroatoms. The minimum Gasteiger partial charge on any atom is -0.481 e. The van der Waals surface area contributed by atoms with Gasteiger partial charge in [-0.05, 0) is 37.2 Å². The van der Waals surface area contributed by atoms with Gasteiger partial charge in [-0.2, -0.15) is 0 Å². The maximum atomic E-state index is 13.3. The fraction of sp³-hybridized carbons (Fsp3) is 0.560. The number of nitrogens with two attached hydrogens (primary N) is 1. The van der Waals surface area contributed by atoms with E-state index >= 15 is 0 Å². The summed E-state index contributed by atoms with van der Waals surface area (Å²) in [4.78, 5) is 63.1. The first-order valence-corrected chi connectivity index (χ1v) is 12.1. The summed E-state index contributed by atoms with van der Waals surface area (Å²) in [5.41, 5.74) is 6.75. The van der Waals surface area contributed by atoms with Crippen LogP contribution in [-0.4, -0.2) is 75.5 Å². The summed E-state index contributed by atoms with van der Waals surface area (Å²) in [5.74, 6) is -4.01. The molecule has 0 aliphatic carbocycles. The second-order valence-corrected chi connectivity index (χ2v) is 9.51. The highest BCUT2D eigenvalue weighted by molar-refractivity contribution is 5.94. The van der Waals surface area contributed by atoms with Gasteiger partial charge in [0.1, 0.15) is 18.1 Å². The molecule has 11 nitrogen and oxygen atoms in total. The minimum atomic E-state index is -1.26. The van der Waals surface area contributed by atoms with Crippen molar-refractivity contribution in [2.45, 2.75) is 76.5 Å². The number of likely N-dealkylation sites (tertiary alicyclic amines) is 1. The molecule has 6 N–H and O–H groups in total. The number of hydrogen-bond donors (Lipinski definition) is 5. The van der Waals surface area contributed by atoms with Crippen LogP contribution in [0.3, 0.4) is 0 Å². The zero-order valence-corrected chi connectivity index (χ0v) is 20.7. The van der Waals surface area contributed by atoms with Gasteiger partial charge >= 0.3 is 11.9 Å². The molecule has 1 aliphatic rings. The zero-order valence-electron chi connectivity index (χ0n) is 20.7. The molecule has 1 heterocycles. The molecular weight excluding hydrogens is 468 g/mol. The Balaban J connectivity index is 2.24. The molecule has 4 atom stereocenters. The maximum absolute atomic E-state index is 13.3. The van der Waals surface area contributed by atoms with Crippen LogP contribution >= 0.6 is 0 Å². The molecule has 1 fully saturated rings. The molecule has 1 aromatic rings. The van der Waals surface area contributed by atoms with E-state index in [1.54, 1.807) is 24.3 Å². The van der Waals surface area contributed by atoms with E-state index in [-0.39, 0.29) is 31.7 Å². The van der Waals surface area contributed by atoms with Crippen LogP contribution < -0.4 is 16.4 Å². The van der Waals surface area contributed by atoms with Crippen molar-refractivity contribution in [2.24, 2.45) is 11.7 Å². The Kier molecular flexibility index (Phi) is 10.8. The van der Waals surface area contributed by atoms with Crippen molar-refractivity contribution in [3.05, 3.63) is 35.9 Å². The van der Waals surface area contributed by atoms with E-state index in [2.05, 4.69) is 10.6 Å². The van der Waals surface area contributed by atoms with Gasteiger partial charge in [-0.3, -0.25) is 19.2 Å². The number of hydrogen-bond acceptors (Lipinski definition) is 6. The van der Waals surface area contributed by atoms with Gasteiger partial charge in [0.05, 0.1) is 6.04 Å². The topological polar surface area (TPSA) is 179 Å². The van der Waals surface area contributed by atoms with E-state index in [0.29, 0.717) is 12.8 Å². The predicted molar refractivity (Wildman–Crippen MR) is 131 cm³/mol. The predicted octanol–water partition coefficient (Wildman–Crippen LogP) is 0.513. The van der Waals surface area contributed by atoms with Crippen LogP contribution in [0, 0.1) is 5.92 Å². The fourth-order valence-electron chi connectivity index (χ4n) is 4.24. The average Bonchev–Trinajstić information content (AvgIpc) is 3.31. The Hall–Kier alpha value is -3.47. The number of carboxylic acids is 2. The lowest BCUT2D eigenvalue weighted by atomic mass is 10.0. The van der Waals surface area contributed by atoms with E-state index in [9.17, 15) is 29.1 Å². The Morgan fingerprint density at radius 1 is 1.03 bits per heavy atom. The monoisotopic (exact) mass is 504 g/mol. The van der Waals surface area contributed by atoms with Crippen molar-refractivity contribution >= 4 is 29.7 Å². The number of carbonyl (C=O) groups is 5. The maximum Gasteiger partial charge on any atom is 0.326 e. The van der Waals surface area contributed by atoms with E-state index in [4.69, 9.17) is 10.8 Å². The van der Waals surface area contributed by atoms with Crippen LogP contribution in [0.1, 0.15) is 51.5 Å². The van der Waals surface area contributed by atoms with Gasteiger partial charge in [0, 0.05) is 19.4 Å². The standard InChI is InChI=1S/C25H36N4O7/c1-15(2)13-17(26)22(32)28-19(14-16-7-4-3-5-8-16)23(33)27-18(10-11-21(30)31)24(34)29-12-6-9-20(29)25(35)36/h3-5,7-8,15,17-20H,6,9-14,26H2,1-2H3,(H,27,33)(H,28,32)(H,30,31)(H,35,36). The Labute approximate surface area is 210 Å². The van der Waals surface area contributed by atoms with Crippen molar-refractivity contribution in [3.8, 4) is 0 Å². The normalized spacial score (nSPS) is 17.8. The lowest BCUT2D eigenvalue weighted by Gasteiger charge is -2.29. The smallest absolute Gasteiger partial charge is 0.326 e. The molecule has 0 bridgehead atoms. The summed E-state index contributed by atoms with van der Waals surface area (Å²) in [5, 5.41) is 23.8. The van der Waals surface area contributed by atoms with Gasteiger partial charge in [-0.25, -0.2) is 4.79 Å². The van der Waals surface area contributed by atoms with Crippen molar-refractivity contribution in [3.63, 3.8) is 0 Å². The number of carbonyl (C=O) groups excluding carboxylic acids is 3. The summed E-state index contributed by atoms with van der Waals surface area (Å²) in [6.07, 6.45) is 0.674. The quantitative estimate of drug-likeness (QED) is 0.258. The van der Waals surface area contributed by atoms with E-state index < -0.39 is 60.2 Å². The van der Waals surface area contributed by atoms with Crippen molar-refractivity contribution < 1.29 is 34.2 Å². The number of aliphatic carboxylic acids is 2. The third-order valence-electron chi connectivity index (χ3n) is 6.06. The van der Waals surface area contributed by atoms with Crippen LogP contribution in [0.4, 0.5) is 0 Å². The van der Waals surface area contributed by atoms with Crippen LogP contribution in [-0.2, 0) is 30.4 Å². The first-order valence-electron chi connectivity index (χ1n) is 12.1. The first-order chi connectivity index (χ1) is 17.0. The second-order valence-electron chi connectivity index (χ2n) is 9.51. The largest absolute Gasteiger partial charge is 0.481 e. The summed E-state index contributed by atoms with van der Waals surface area (Å²) in [7, 11) is 0. The third-order valence-corrected chi connectivity index (χ3v) is 6.06. The lowest BCUT2D eigenvalue weighted by molar-refractivity contribution is -0.150. The summed E-state index contributed by atoms with van der Waals surface area (Å²) in [6.45, 7) is 4.04. The molecule has 1 aromatic carbocycles. The zero-order chi connectivity index (χ0) is 26.8. The van der Waals surface area contributed by atoms with Gasteiger partial charge in [0.25, 0.3) is 0 Å². The molecule has 198 valence electrons. The molecule has 3 amide bonds. The second kappa shape index (κ2) is 13.6. The molecule has 36 heavy (non-hydrogen) atoms. The number of benzene rings is 1. The van der Waals surface area contributed by atoms with Crippen molar-refractivity contribution in [2.75, 3.05) is 6.54 Å². The van der Waals surface area contributed by atoms with Crippen LogP contribution in [0.2, 0.25) is 0 Å². The number of nitrogens with zero attached hydrogens (tertiary/aromatic N) is 1. The summed E-state index contributed by atoms with van der Waals surface area (Å²) < 4.78 is 0. The number of carboxylic acid groups (broad SMARTS) is 2. The molecule has 1 aliphatic heterocycles. The first kappa shape index (κ1) is 28.8. The number of rotatable bonds is 13. The summed E-state index contributed by atoms with van der Waals surface area (Å²) in [6, 6.07) is 4.76. The van der Waals surface area contributed by atoms with Crippen LogP contribution in [0.5, 0.6) is 0 Å². The SMILES string of the molecule is CC(C)CC(N)C(=O)NC(Cc1ccccc1)C(=O)NC(CCC(=O)O)C(=O)N1CCCC1C(=O)O. The van der Waals surface area contributed by atoms with Crippen LogP contribution in [0.25, 0.3) is 0 Å². The van der Waals surface area contributed by atoms with Gasteiger partial charge in [-0.1, -0.05) is 44.2 Å².